The minimum Gasteiger partial charge on any atom is -0.547 e. The lowest BCUT2D eigenvalue weighted by Crippen LogP contribution is -2.41. The summed E-state index contributed by atoms with van der Waals surface area (Å²) in [6, 6.07) is 0. The first kappa shape index (κ1) is 15.6. The SMILES string of the molecule is C=C(C)[C@H]1C=C(O[Si](C)(C)C(C)(C)C)[C@@H](C)CC1. The van der Waals surface area contributed by atoms with E-state index in [1.165, 1.54) is 24.2 Å². The first-order valence-electron chi connectivity index (χ1n) is 7.11. The van der Waals surface area contributed by atoms with Gasteiger partial charge in [-0.05, 0) is 44.0 Å². The molecule has 0 fully saturated rings. The molecular formula is C16H30OSi. The lowest BCUT2D eigenvalue weighted by molar-refractivity contribution is 0.294. The van der Waals surface area contributed by atoms with Crippen LogP contribution in [0.4, 0.5) is 0 Å². The topological polar surface area (TPSA) is 9.23 Å². The van der Waals surface area contributed by atoms with Gasteiger partial charge in [0.05, 0.1) is 5.76 Å². The van der Waals surface area contributed by atoms with Gasteiger partial charge in [0.2, 0.25) is 8.32 Å². The van der Waals surface area contributed by atoms with Crippen molar-refractivity contribution in [1.29, 1.82) is 0 Å². The van der Waals surface area contributed by atoms with Gasteiger partial charge >= 0.3 is 0 Å². The van der Waals surface area contributed by atoms with Gasteiger partial charge in [0.25, 0.3) is 0 Å². The van der Waals surface area contributed by atoms with Crippen molar-refractivity contribution in [2.24, 2.45) is 11.8 Å². The number of hydrogen-bond donors (Lipinski definition) is 0. The molecule has 0 bridgehead atoms. The van der Waals surface area contributed by atoms with Crippen LogP contribution in [0.2, 0.25) is 18.1 Å². The molecule has 18 heavy (non-hydrogen) atoms. The Morgan fingerprint density at radius 2 is 1.89 bits per heavy atom. The molecule has 104 valence electrons. The van der Waals surface area contributed by atoms with Crippen molar-refractivity contribution < 1.29 is 4.43 Å². The van der Waals surface area contributed by atoms with Gasteiger partial charge in [0.1, 0.15) is 0 Å². The average molecular weight is 267 g/mol. The molecule has 1 nitrogen and oxygen atoms in total. The molecule has 1 aliphatic rings. The largest absolute Gasteiger partial charge is 0.547 e. The van der Waals surface area contributed by atoms with E-state index in [0.29, 0.717) is 11.8 Å². The lowest BCUT2D eigenvalue weighted by atomic mass is 9.85. The summed E-state index contributed by atoms with van der Waals surface area (Å²) in [7, 11) is -1.70. The Balaban J connectivity index is 2.90. The van der Waals surface area contributed by atoms with Crippen LogP contribution in [0.3, 0.4) is 0 Å². The Morgan fingerprint density at radius 1 is 1.33 bits per heavy atom. The first-order chi connectivity index (χ1) is 8.04. The molecule has 0 spiro atoms. The van der Waals surface area contributed by atoms with E-state index >= 15 is 0 Å². The summed E-state index contributed by atoms with van der Waals surface area (Å²) in [5.41, 5.74) is 1.26. The molecule has 0 N–H and O–H groups in total. The van der Waals surface area contributed by atoms with E-state index < -0.39 is 8.32 Å². The molecule has 2 heteroatoms. The molecular weight excluding hydrogens is 236 g/mol. The van der Waals surface area contributed by atoms with Crippen LogP contribution in [-0.4, -0.2) is 8.32 Å². The molecule has 0 unspecified atom stereocenters. The third kappa shape index (κ3) is 3.50. The summed E-state index contributed by atoms with van der Waals surface area (Å²) in [5, 5.41) is 0.268. The molecule has 1 rings (SSSR count). The molecule has 0 aromatic carbocycles. The summed E-state index contributed by atoms with van der Waals surface area (Å²) in [5.74, 6) is 2.30. The fourth-order valence-electron chi connectivity index (χ4n) is 1.99. The van der Waals surface area contributed by atoms with Crippen LogP contribution in [-0.2, 0) is 4.43 Å². The molecule has 0 heterocycles. The zero-order valence-corrected chi connectivity index (χ0v) is 14.3. The van der Waals surface area contributed by atoms with Crippen LogP contribution >= 0.6 is 0 Å². The maximum absolute atomic E-state index is 6.49. The maximum atomic E-state index is 6.49. The average Bonchev–Trinajstić information content (AvgIpc) is 2.18. The molecule has 0 aromatic heterocycles. The van der Waals surface area contributed by atoms with Crippen LogP contribution in [0.5, 0.6) is 0 Å². The number of allylic oxidation sites excluding steroid dienone is 3. The zero-order valence-electron chi connectivity index (χ0n) is 13.3. The van der Waals surface area contributed by atoms with Crippen LogP contribution in [0.1, 0.15) is 47.5 Å². The summed E-state index contributed by atoms with van der Waals surface area (Å²) in [6.45, 7) is 20.0. The Hall–Kier alpha value is -0.503. The Bertz CT molecular complexity index is 347. The van der Waals surface area contributed by atoms with Crippen molar-refractivity contribution in [1.82, 2.24) is 0 Å². The predicted molar refractivity (Wildman–Crippen MR) is 83.1 cm³/mol. The molecule has 0 amide bonds. The van der Waals surface area contributed by atoms with Crippen molar-refractivity contribution in [2.45, 2.75) is 65.6 Å². The van der Waals surface area contributed by atoms with E-state index in [4.69, 9.17) is 4.43 Å². The standard InChI is InChI=1S/C16H30OSi/c1-12(2)14-10-9-13(3)15(11-14)17-18(7,8)16(4,5)6/h11,13-14H,1,9-10H2,2-8H3/t13-,14+/m0/s1. The highest BCUT2D eigenvalue weighted by atomic mass is 28.4. The monoisotopic (exact) mass is 266 g/mol. The van der Waals surface area contributed by atoms with Gasteiger partial charge in [0, 0.05) is 11.8 Å². The second kappa shape index (κ2) is 5.24. The van der Waals surface area contributed by atoms with Gasteiger partial charge in [0.15, 0.2) is 0 Å². The van der Waals surface area contributed by atoms with E-state index in [1.807, 2.05) is 0 Å². The Labute approximate surface area is 114 Å². The zero-order chi connectivity index (χ0) is 14.1. The van der Waals surface area contributed by atoms with Crippen LogP contribution in [0, 0.1) is 11.8 Å². The van der Waals surface area contributed by atoms with Gasteiger partial charge in [-0.25, -0.2) is 0 Å². The molecule has 0 radical (unpaired) electrons. The van der Waals surface area contributed by atoms with Gasteiger partial charge in [-0.3, -0.25) is 0 Å². The minimum absolute atomic E-state index is 0.268. The highest BCUT2D eigenvalue weighted by Gasteiger charge is 2.40. The highest BCUT2D eigenvalue weighted by molar-refractivity contribution is 6.74. The summed E-state index contributed by atoms with van der Waals surface area (Å²) in [6.07, 6.45) is 4.77. The van der Waals surface area contributed by atoms with Crippen molar-refractivity contribution in [3.8, 4) is 0 Å². The van der Waals surface area contributed by atoms with E-state index in [2.05, 4.69) is 60.4 Å². The van der Waals surface area contributed by atoms with Crippen LogP contribution < -0.4 is 0 Å². The normalized spacial score (nSPS) is 25.6. The van der Waals surface area contributed by atoms with Gasteiger partial charge in [-0.2, -0.15) is 0 Å². The highest BCUT2D eigenvalue weighted by Crippen LogP contribution is 2.41. The summed E-state index contributed by atoms with van der Waals surface area (Å²) in [4.78, 5) is 0. The van der Waals surface area contributed by atoms with Gasteiger partial charge < -0.3 is 4.43 Å². The molecule has 0 saturated heterocycles. The molecule has 0 saturated carbocycles. The molecule has 1 aliphatic carbocycles. The van der Waals surface area contributed by atoms with Gasteiger partial charge in [-0.15, -0.1) is 0 Å². The van der Waals surface area contributed by atoms with Gasteiger partial charge in [-0.1, -0.05) is 39.8 Å². The van der Waals surface area contributed by atoms with Crippen molar-refractivity contribution >= 4 is 8.32 Å². The minimum atomic E-state index is -1.70. The fraction of sp³-hybridized carbons (Fsp3) is 0.750. The van der Waals surface area contributed by atoms with Crippen LogP contribution in [0.25, 0.3) is 0 Å². The third-order valence-corrected chi connectivity index (χ3v) is 8.93. The van der Waals surface area contributed by atoms with E-state index in [1.54, 1.807) is 0 Å². The van der Waals surface area contributed by atoms with Crippen molar-refractivity contribution in [3.63, 3.8) is 0 Å². The second-order valence-electron chi connectivity index (χ2n) is 7.36. The van der Waals surface area contributed by atoms with Crippen molar-refractivity contribution in [2.75, 3.05) is 0 Å². The Morgan fingerprint density at radius 3 is 2.33 bits per heavy atom. The van der Waals surface area contributed by atoms with E-state index in [0.717, 1.165) is 0 Å². The molecule has 2 atom stereocenters. The number of rotatable bonds is 3. The Kier molecular flexibility index (Phi) is 4.53. The molecule has 0 aromatic rings. The summed E-state index contributed by atoms with van der Waals surface area (Å²) < 4.78 is 6.49. The third-order valence-electron chi connectivity index (χ3n) is 4.57. The predicted octanol–water partition coefficient (Wildman–Crippen LogP) is 5.51. The molecule has 0 aliphatic heterocycles. The van der Waals surface area contributed by atoms with Crippen LogP contribution in [0.15, 0.2) is 24.0 Å². The first-order valence-corrected chi connectivity index (χ1v) is 10.0. The quantitative estimate of drug-likeness (QED) is 0.483. The lowest BCUT2D eigenvalue weighted by Gasteiger charge is -2.40. The fourth-order valence-corrected chi connectivity index (χ4v) is 3.15. The summed E-state index contributed by atoms with van der Waals surface area (Å²) >= 11 is 0. The number of hydrogen-bond acceptors (Lipinski definition) is 1. The maximum Gasteiger partial charge on any atom is 0.250 e. The van der Waals surface area contributed by atoms with Crippen molar-refractivity contribution in [3.05, 3.63) is 24.0 Å². The second-order valence-corrected chi connectivity index (χ2v) is 12.1. The van der Waals surface area contributed by atoms with E-state index in [9.17, 15) is 0 Å². The smallest absolute Gasteiger partial charge is 0.250 e. The van der Waals surface area contributed by atoms with E-state index in [-0.39, 0.29) is 5.04 Å².